The molecule has 3 N–H and O–H groups in total. The van der Waals surface area contributed by atoms with Crippen molar-refractivity contribution in [2.45, 2.75) is 76.8 Å². The number of nitriles is 1. The van der Waals surface area contributed by atoms with Crippen LogP contribution in [0.1, 0.15) is 75.5 Å². The topological polar surface area (TPSA) is 148 Å². The molecular weight excluding hydrogens is 639 g/mol. The van der Waals surface area contributed by atoms with Gasteiger partial charge in [0.25, 0.3) is 5.91 Å². The average Bonchev–Trinajstić information content (AvgIpc) is 3.10. The number of aromatic nitrogens is 1. The summed E-state index contributed by atoms with van der Waals surface area (Å²) in [6.45, 7) is 7.77. The quantitative estimate of drug-likeness (QED) is 0.326. The molecule has 0 radical (unpaired) electrons. The van der Waals surface area contributed by atoms with Crippen molar-refractivity contribution in [2.24, 2.45) is 11.8 Å². The van der Waals surface area contributed by atoms with Crippen molar-refractivity contribution < 1.29 is 32.3 Å². The molecule has 1 saturated heterocycles. The maximum absolute atomic E-state index is 15.6. The lowest BCUT2D eigenvalue weighted by molar-refractivity contribution is -0.149. The van der Waals surface area contributed by atoms with Gasteiger partial charge in [0.1, 0.15) is 24.0 Å². The molecule has 1 saturated carbocycles. The second-order valence-electron chi connectivity index (χ2n) is 13.2. The molecule has 1 aromatic heterocycles. The van der Waals surface area contributed by atoms with Crippen molar-refractivity contribution >= 4 is 29.3 Å². The third kappa shape index (κ3) is 9.14. The van der Waals surface area contributed by atoms with Crippen LogP contribution in [0.25, 0.3) is 0 Å². The molecule has 1 aromatic carbocycles. The summed E-state index contributed by atoms with van der Waals surface area (Å²) in [7, 11) is 1.96. The number of benzene rings is 1. The van der Waals surface area contributed by atoms with Crippen molar-refractivity contribution in [2.75, 3.05) is 38.5 Å². The molecule has 14 heteroatoms. The highest BCUT2D eigenvalue weighted by atomic mass is 19.3. The minimum Gasteiger partial charge on any atom is -0.344 e. The Balaban J connectivity index is 1.54. The molecule has 2 heterocycles. The number of nitrogens with zero attached hydrogens (tertiary/aromatic N) is 4. The zero-order chi connectivity index (χ0) is 35.9. The first-order valence-corrected chi connectivity index (χ1v) is 16.7. The van der Waals surface area contributed by atoms with Crippen molar-refractivity contribution in [3.05, 3.63) is 59.2 Å². The van der Waals surface area contributed by atoms with Gasteiger partial charge in [0.05, 0.1) is 16.8 Å². The fourth-order valence-corrected chi connectivity index (χ4v) is 6.27. The van der Waals surface area contributed by atoms with Crippen molar-refractivity contribution in [1.82, 2.24) is 25.4 Å². The Kier molecular flexibility index (Phi) is 12.4. The minimum absolute atomic E-state index is 0.156. The maximum atomic E-state index is 15.6. The number of piperazine rings is 1. The van der Waals surface area contributed by atoms with E-state index in [2.05, 4.69) is 25.8 Å². The summed E-state index contributed by atoms with van der Waals surface area (Å²) in [5.74, 6) is -8.88. The van der Waals surface area contributed by atoms with Crippen molar-refractivity contribution in [3.8, 4) is 6.07 Å². The van der Waals surface area contributed by atoms with E-state index >= 15 is 13.2 Å². The number of nitrogens with one attached hydrogen (secondary N) is 3. The molecule has 0 unspecified atom stereocenters. The number of carbonyl (C=O) groups is 4. The van der Waals surface area contributed by atoms with Crippen LogP contribution in [0.15, 0.2) is 36.7 Å². The Morgan fingerprint density at radius 3 is 2.33 bits per heavy atom. The Hall–Kier alpha value is -4.51. The zero-order valence-corrected chi connectivity index (χ0v) is 28.3. The molecule has 3 atom stereocenters. The Labute approximate surface area is 284 Å². The molecule has 1 aliphatic carbocycles. The fraction of sp³-hybridized carbons (Fsp3) is 0.543. The zero-order valence-electron chi connectivity index (χ0n) is 28.3. The van der Waals surface area contributed by atoms with E-state index in [1.165, 1.54) is 18.2 Å². The third-order valence-electron chi connectivity index (χ3n) is 9.61. The Morgan fingerprint density at radius 2 is 1.71 bits per heavy atom. The smallest absolute Gasteiger partial charge is 0.344 e. The number of hydrogen-bond acceptors (Lipinski definition) is 7. The molecule has 0 spiro atoms. The summed E-state index contributed by atoms with van der Waals surface area (Å²) >= 11 is 0. The highest BCUT2D eigenvalue weighted by Gasteiger charge is 2.45. The van der Waals surface area contributed by atoms with Gasteiger partial charge in [-0.05, 0) is 55.5 Å². The number of hydrogen-bond donors (Lipinski definition) is 3. The summed E-state index contributed by atoms with van der Waals surface area (Å²) in [5, 5.41) is 16.6. The van der Waals surface area contributed by atoms with Gasteiger partial charge in [-0.2, -0.15) is 14.0 Å². The van der Waals surface area contributed by atoms with Gasteiger partial charge < -0.3 is 25.8 Å². The first-order valence-electron chi connectivity index (χ1n) is 16.7. The van der Waals surface area contributed by atoms with Gasteiger partial charge in [0, 0.05) is 50.9 Å². The van der Waals surface area contributed by atoms with Gasteiger partial charge in [0.15, 0.2) is 0 Å². The van der Waals surface area contributed by atoms with E-state index in [1.54, 1.807) is 24.8 Å². The molecule has 4 amide bonds. The predicted molar refractivity (Wildman–Crippen MR) is 176 cm³/mol. The second kappa shape index (κ2) is 16.3. The number of carbonyl (C=O) groups excluding carboxylic acids is 4. The van der Waals surface area contributed by atoms with E-state index in [-0.39, 0.29) is 29.5 Å². The molecule has 2 fully saturated rings. The standard InChI is InChI=1S/C35H44F3N7O4/c1-5-29(46)42-30(33(48)45-14-12-44(4)13-15-45)22(3)25-10-11-28(27(36)17-25)41-32(47)31(24-8-6-21(2)7-9-24)43-34(49)35(37,38)26-16-23(18-39)19-40-20-26/h10-11,16-17,19-22,24,30-31H,5-9,12-15H2,1-4H3,(H,41,47)(H,42,46)(H,43,49)/t21?,22-,24?,30+,31-/m0/s1. The molecule has 2 aliphatic rings. The maximum Gasteiger partial charge on any atom is 0.351 e. The highest BCUT2D eigenvalue weighted by molar-refractivity contribution is 5.98. The van der Waals surface area contributed by atoms with Crippen LogP contribution in [0, 0.1) is 29.0 Å². The van der Waals surface area contributed by atoms with Gasteiger partial charge in [-0.1, -0.05) is 39.7 Å². The molecule has 1 aliphatic heterocycles. The number of amides is 4. The van der Waals surface area contributed by atoms with Crippen LogP contribution < -0.4 is 16.0 Å². The average molecular weight is 684 g/mol. The molecule has 49 heavy (non-hydrogen) atoms. The van der Waals surface area contributed by atoms with Crippen LogP contribution in [0.3, 0.4) is 0 Å². The largest absolute Gasteiger partial charge is 0.351 e. The third-order valence-corrected chi connectivity index (χ3v) is 9.61. The van der Waals surface area contributed by atoms with Crippen LogP contribution in [-0.2, 0) is 25.1 Å². The highest BCUT2D eigenvalue weighted by Crippen LogP contribution is 2.34. The number of alkyl halides is 2. The van der Waals surface area contributed by atoms with Crippen LogP contribution in [0.2, 0.25) is 0 Å². The predicted octanol–water partition coefficient (Wildman–Crippen LogP) is 3.91. The normalized spacial score (nSPS) is 20.3. The first-order chi connectivity index (χ1) is 23.2. The fourth-order valence-electron chi connectivity index (χ4n) is 6.27. The van der Waals surface area contributed by atoms with E-state index in [0.717, 1.165) is 31.3 Å². The summed E-state index contributed by atoms with van der Waals surface area (Å²) < 4.78 is 46.2. The van der Waals surface area contributed by atoms with Crippen LogP contribution in [0.4, 0.5) is 18.9 Å². The lowest BCUT2D eigenvalue weighted by Gasteiger charge is -2.36. The van der Waals surface area contributed by atoms with Gasteiger partial charge in [-0.15, -0.1) is 0 Å². The number of likely N-dealkylation sites (N-methyl/N-ethyl adjacent to an activating group) is 1. The van der Waals surface area contributed by atoms with Gasteiger partial charge >= 0.3 is 5.92 Å². The molecule has 2 aromatic rings. The first kappa shape index (κ1) is 37.3. The number of anilines is 1. The number of rotatable bonds is 11. The van der Waals surface area contributed by atoms with Crippen LogP contribution in [0.5, 0.6) is 0 Å². The lowest BCUT2D eigenvalue weighted by Crippen LogP contribution is -2.55. The summed E-state index contributed by atoms with van der Waals surface area (Å²) in [6.07, 6.45) is 4.45. The molecule has 4 rings (SSSR count). The number of halogens is 3. The monoisotopic (exact) mass is 683 g/mol. The van der Waals surface area contributed by atoms with E-state index in [0.29, 0.717) is 50.5 Å². The van der Waals surface area contributed by atoms with E-state index < -0.39 is 53.0 Å². The van der Waals surface area contributed by atoms with Crippen LogP contribution in [-0.4, -0.2) is 83.7 Å². The molecule has 264 valence electrons. The van der Waals surface area contributed by atoms with Crippen LogP contribution >= 0.6 is 0 Å². The Morgan fingerprint density at radius 1 is 1.04 bits per heavy atom. The minimum atomic E-state index is -4.10. The SMILES string of the molecule is CCC(=O)N[C@@H](C(=O)N1CCN(C)CC1)[C@@H](C)c1ccc(NC(=O)[C@@H](NC(=O)C(F)(F)c2cncc(C#N)c2)C2CCC(C)CC2)c(F)c1. The van der Waals surface area contributed by atoms with Crippen molar-refractivity contribution in [1.29, 1.82) is 5.26 Å². The van der Waals surface area contributed by atoms with Gasteiger partial charge in [0.2, 0.25) is 17.7 Å². The number of pyridine rings is 1. The van der Waals surface area contributed by atoms with E-state index in [9.17, 15) is 19.2 Å². The molecular formula is C35H44F3N7O4. The van der Waals surface area contributed by atoms with E-state index in [1.807, 2.05) is 14.0 Å². The molecule has 11 nitrogen and oxygen atoms in total. The van der Waals surface area contributed by atoms with Gasteiger partial charge in [-0.25, -0.2) is 4.39 Å². The van der Waals surface area contributed by atoms with Gasteiger partial charge in [-0.3, -0.25) is 24.2 Å². The summed E-state index contributed by atoms with van der Waals surface area (Å²) in [5.41, 5.74) is -0.785. The molecule has 0 bridgehead atoms. The van der Waals surface area contributed by atoms with E-state index in [4.69, 9.17) is 5.26 Å². The summed E-state index contributed by atoms with van der Waals surface area (Å²) in [6, 6.07) is 4.24. The Bertz CT molecular complexity index is 1570. The summed E-state index contributed by atoms with van der Waals surface area (Å²) in [4.78, 5) is 59.9. The van der Waals surface area contributed by atoms with Crippen molar-refractivity contribution in [3.63, 3.8) is 0 Å². The lowest BCUT2D eigenvalue weighted by atomic mass is 9.79. The second-order valence-corrected chi connectivity index (χ2v) is 13.2.